The summed E-state index contributed by atoms with van der Waals surface area (Å²) in [7, 11) is 0. The molecule has 2 aromatic rings. The maximum absolute atomic E-state index is 14.2. The van der Waals surface area contributed by atoms with Gasteiger partial charge in [0.1, 0.15) is 11.7 Å². The molecular weight excluding hydrogens is 329 g/mol. The van der Waals surface area contributed by atoms with Crippen LogP contribution in [-0.4, -0.2) is 29.7 Å². The van der Waals surface area contributed by atoms with Crippen LogP contribution in [0.5, 0.6) is 0 Å². The van der Waals surface area contributed by atoms with Crippen LogP contribution in [0.4, 0.5) is 27.6 Å². The van der Waals surface area contributed by atoms with E-state index in [2.05, 4.69) is 9.98 Å². The van der Waals surface area contributed by atoms with Crippen LogP contribution in [0.2, 0.25) is 0 Å². The summed E-state index contributed by atoms with van der Waals surface area (Å²) in [5, 5.41) is 0. The molecule has 0 atom stereocenters. The molecule has 0 bridgehead atoms. The van der Waals surface area contributed by atoms with Crippen molar-refractivity contribution in [1.29, 1.82) is 0 Å². The number of fused-ring (bicyclic) bond motifs is 3. The Hall–Kier alpha value is -2.77. The van der Waals surface area contributed by atoms with Crippen LogP contribution in [0.15, 0.2) is 34.3 Å². The molecule has 2 aromatic carbocycles. The number of hydrogen-bond acceptors (Lipinski definition) is 3. The van der Waals surface area contributed by atoms with Crippen molar-refractivity contribution in [3.63, 3.8) is 0 Å². The third kappa shape index (κ3) is 1.88. The zero-order chi connectivity index (χ0) is 17.0. The first-order valence-corrected chi connectivity index (χ1v) is 7.02. The lowest BCUT2D eigenvalue weighted by Crippen LogP contribution is -2.39. The molecule has 0 aromatic heterocycles. The molecule has 0 fully saturated rings. The van der Waals surface area contributed by atoms with Gasteiger partial charge in [0.25, 0.3) is 0 Å². The number of rotatable bonds is 1. The van der Waals surface area contributed by atoms with Crippen LogP contribution in [0, 0.1) is 29.1 Å². The lowest BCUT2D eigenvalue weighted by Gasteiger charge is -2.28. The molecule has 0 amide bonds. The predicted molar refractivity (Wildman–Crippen MR) is 77.0 cm³/mol. The minimum Gasteiger partial charge on any atom is -0.308 e. The molecular formula is C16H8F5N3. The molecule has 0 spiro atoms. The van der Waals surface area contributed by atoms with Crippen molar-refractivity contribution >= 4 is 17.4 Å². The minimum atomic E-state index is -2.19. The van der Waals surface area contributed by atoms with Gasteiger partial charge < -0.3 is 4.90 Å². The molecule has 122 valence electrons. The van der Waals surface area contributed by atoms with E-state index >= 15 is 0 Å². The molecule has 0 saturated heterocycles. The van der Waals surface area contributed by atoms with Crippen molar-refractivity contribution in [2.45, 2.75) is 0 Å². The lowest BCUT2D eigenvalue weighted by atomic mass is 10.1. The average Bonchev–Trinajstić information content (AvgIpc) is 3.08. The van der Waals surface area contributed by atoms with E-state index in [1.54, 1.807) is 24.3 Å². The number of para-hydroxylation sites is 1. The lowest BCUT2D eigenvalue weighted by molar-refractivity contribution is 0.375. The Morgan fingerprint density at radius 2 is 1.42 bits per heavy atom. The normalized spacial score (nSPS) is 15.8. The van der Waals surface area contributed by atoms with Crippen LogP contribution in [-0.2, 0) is 0 Å². The summed E-state index contributed by atoms with van der Waals surface area (Å²) in [6.07, 6.45) is 0. The van der Waals surface area contributed by atoms with Gasteiger partial charge in [-0.3, -0.25) is 4.99 Å². The first-order chi connectivity index (χ1) is 11.5. The van der Waals surface area contributed by atoms with E-state index in [1.165, 1.54) is 4.90 Å². The molecule has 2 heterocycles. The van der Waals surface area contributed by atoms with Gasteiger partial charge in [-0.15, -0.1) is 0 Å². The molecule has 0 N–H and O–H groups in total. The minimum absolute atomic E-state index is 0.238. The number of halogens is 5. The fourth-order valence-corrected chi connectivity index (χ4v) is 2.81. The Morgan fingerprint density at radius 1 is 0.792 bits per heavy atom. The molecule has 24 heavy (non-hydrogen) atoms. The van der Waals surface area contributed by atoms with Crippen molar-refractivity contribution in [2.75, 3.05) is 13.1 Å². The maximum atomic E-state index is 14.2. The van der Waals surface area contributed by atoms with Gasteiger partial charge in [0.05, 0.1) is 17.8 Å². The number of benzene rings is 2. The Balaban J connectivity index is 2.02. The highest BCUT2D eigenvalue weighted by Gasteiger charge is 2.36. The molecule has 2 aliphatic rings. The van der Waals surface area contributed by atoms with Gasteiger partial charge in [0, 0.05) is 12.1 Å². The summed E-state index contributed by atoms with van der Waals surface area (Å²) < 4.78 is 68.6. The first-order valence-electron chi connectivity index (χ1n) is 7.02. The molecule has 4 rings (SSSR count). The van der Waals surface area contributed by atoms with Crippen molar-refractivity contribution in [3.8, 4) is 0 Å². The highest BCUT2D eigenvalue weighted by molar-refractivity contribution is 6.20. The van der Waals surface area contributed by atoms with E-state index in [1.807, 2.05) is 0 Å². The third-order valence-corrected chi connectivity index (χ3v) is 3.90. The molecule has 2 aliphatic heterocycles. The molecule has 8 heteroatoms. The second kappa shape index (κ2) is 5.12. The SMILES string of the molecule is Fc1c(F)c(F)c(C2=Nc3ccccc3C3=NCCN32)c(F)c1F. The van der Waals surface area contributed by atoms with E-state index in [0.717, 1.165) is 0 Å². The Bertz CT molecular complexity index is 907. The quantitative estimate of drug-likeness (QED) is 0.444. The number of amidine groups is 2. The molecule has 0 radical (unpaired) electrons. The highest BCUT2D eigenvalue weighted by Crippen LogP contribution is 2.33. The third-order valence-electron chi connectivity index (χ3n) is 3.90. The predicted octanol–water partition coefficient (Wildman–Crippen LogP) is 3.54. The van der Waals surface area contributed by atoms with Crippen molar-refractivity contribution in [1.82, 2.24) is 4.90 Å². The van der Waals surface area contributed by atoms with E-state index in [0.29, 0.717) is 23.6 Å². The molecule has 0 unspecified atom stereocenters. The number of hydrogen-bond donors (Lipinski definition) is 0. The van der Waals surface area contributed by atoms with Crippen molar-refractivity contribution < 1.29 is 22.0 Å². The zero-order valence-electron chi connectivity index (χ0n) is 12.0. The van der Waals surface area contributed by atoms with E-state index in [9.17, 15) is 22.0 Å². The monoisotopic (exact) mass is 337 g/mol. The van der Waals surface area contributed by atoms with E-state index in [4.69, 9.17) is 0 Å². The highest BCUT2D eigenvalue weighted by atomic mass is 19.2. The fraction of sp³-hybridized carbons (Fsp3) is 0.125. The van der Waals surface area contributed by atoms with Gasteiger partial charge in [0.2, 0.25) is 5.82 Å². The summed E-state index contributed by atoms with van der Waals surface area (Å²) >= 11 is 0. The van der Waals surface area contributed by atoms with Crippen LogP contribution in [0.1, 0.15) is 11.1 Å². The fourth-order valence-electron chi connectivity index (χ4n) is 2.81. The van der Waals surface area contributed by atoms with Gasteiger partial charge in [0.15, 0.2) is 23.3 Å². The topological polar surface area (TPSA) is 28.0 Å². The summed E-state index contributed by atoms with van der Waals surface area (Å²) in [5.41, 5.74) is -0.0496. The van der Waals surface area contributed by atoms with Crippen molar-refractivity contribution in [3.05, 3.63) is 64.5 Å². The van der Waals surface area contributed by atoms with Crippen LogP contribution >= 0.6 is 0 Å². The summed E-state index contributed by atoms with van der Waals surface area (Å²) in [6.45, 7) is 0.570. The van der Waals surface area contributed by atoms with E-state index in [-0.39, 0.29) is 12.4 Å². The number of aliphatic imine (C=N–C) groups is 2. The van der Waals surface area contributed by atoms with E-state index < -0.39 is 34.6 Å². The second-order valence-electron chi connectivity index (χ2n) is 5.25. The van der Waals surface area contributed by atoms with Crippen LogP contribution < -0.4 is 0 Å². The van der Waals surface area contributed by atoms with Gasteiger partial charge >= 0.3 is 0 Å². The van der Waals surface area contributed by atoms with Crippen LogP contribution in [0.3, 0.4) is 0 Å². The largest absolute Gasteiger partial charge is 0.308 e. The average molecular weight is 337 g/mol. The first kappa shape index (κ1) is 14.8. The molecule has 0 aliphatic carbocycles. The Morgan fingerprint density at radius 3 is 2.12 bits per heavy atom. The Kier molecular flexibility index (Phi) is 3.16. The number of nitrogens with zero attached hydrogens (tertiary/aromatic N) is 3. The Labute approximate surface area is 132 Å². The van der Waals surface area contributed by atoms with Gasteiger partial charge in [-0.2, -0.15) is 0 Å². The van der Waals surface area contributed by atoms with Gasteiger partial charge in [-0.1, -0.05) is 12.1 Å². The summed E-state index contributed by atoms with van der Waals surface area (Å²) in [5.74, 6) is -9.93. The summed E-state index contributed by atoms with van der Waals surface area (Å²) in [4.78, 5) is 9.73. The standard InChI is InChI=1S/C16H8F5N3/c17-10-9(11(18)13(20)14(21)12(10)19)16-23-8-4-2-1-3-7(8)15-22-5-6-24(15)16/h1-4H,5-6H2. The van der Waals surface area contributed by atoms with Gasteiger partial charge in [-0.25, -0.2) is 26.9 Å². The van der Waals surface area contributed by atoms with Gasteiger partial charge in [-0.05, 0) is 12.1 Å². The smallest absolute Gasteiger partial charge is 0.200 e. The zero-order valence-corrected chi connectivity index (χ0v) is 12.0. The maximum Gasteiger partial charge on any atom is 0.200 e. The summed E-state index contributed by atoms with van der Waals surface area (Å²) in [6, 6.07) is 6.71. The van der Waals surface area contributed by atoms with Crippen LogP contribution in [0.25, 0.3) is 0 Å². The molecule has 3 nitrogen and oxygen atoms in total. The molecule has 0 saturated carbocycles. The second-order valence-corrected chi connectivity index (χ2v) is 5.25. The van der Waals surface area contributed by atoms with Crippen molar-refractivity contribution in [2.24, 2.45) is 9.98 Å².